The highest BCUT2D eigenvalue weighted by Gasteiger charge is 2.33. The molecule has 24 heavy (non-hydrogen) atoms. The molecule has 0 radical (unpaired) electrons. The van der Waals surface area contributed by atoms with Gasteiger partial charge in [0.15, 0.2) is 0 Å². The average molecular weight is 356 g/mol. The van der Waals surface area contributed by atoms with E-state index in [0.717, 1.165) is 12.1 Å². The fourth-order valence-electron chi connectivity index (χ4n) is 1.87. The Morgan fingerprint density at radius 2 is 2.00 bits per heavy atom. The Bertz CT molecular complexity index is 762. The van der Waals surface area contributed by atoms with Crippen molar-refractivity contribution in [2.45, 2.75) is 6.18 Å². The van der Waals surface area contributed by atoms with Crippen molar-refractivity contribution >= 4 is 28.9 Å². The Balaban J connectivity index is 2.19. The Morgan fingerprint density at radius 3 is 2.67 bits per heavy atom. The molecule has 0 fully saturated rings. The van der Waals surface area contributed by atoms with Crippen molar-refractivity contribution in [3.8, 4) is 0 Å². The first-order chi connectivity index (χ1) is 11.3. The van der Waals surface area contributed by atoms with Crippen LogP contribution in [0.25, 0.3) is 0 Å². The van der Waals surface area contributed by atoms with Crippen LogP contribution >= 0.6 is 11.6 Å². The molecular formula is C16H13ClF3N3O. The van der Waals surface area contributed by atoms with E-state index in [2.05, 4.69) is 22.2 Å². The minimum atomic E-state index is -4.60. The molecule has 2 N–H and O–H groups in total. The van der Waals surface area contributed by atoms with Crippen molar-refractivity contribution in [3.05, 3.63) is 65.5 Å². The molecule has 0 aliphatic rings. The first-order valence-corrected chi connectivity index (χ1v) is 7.17. The van der Waals surface area contributed by atoms with Gasteiger partial charge in [0.2, 0.25) is 0 Å². The van der Waals surface area contributed by atoms with Gasteiger partial charge in [-0.25, -0.2) is 0 Å². The molecule has 0 saturated heterocycles. The predicted molar refractivity (Wildman–Crippen MR) is 87.3 cm³/mol. The van der Waals surface area contributed by atoms with E-state index in [4.69, 9.17) is 11.6 Å². The topological polar surface area (TPSA) is 54.0 Å². The predicted octanol–water partition coefficient (Wildman–Crippen LogP) is 4.60. The van der Waals surface area contributed by atoms with Crippen LogP contribution < -0.4 is 10.6 Å². The van der Waals surface area contributed by atoms with Crippen LogP contribution in [0.3, 0.4) is 0 Å². The lowest BCUT2D eigenvalue weighted by Crippen LogP contribution is -2.14. The van der Waals surface area contributed by atoms with E-state index in [1.54, 1.807) is 6.08 Å². The Morgan fingerprint density at radius 1 is 1.25 bits per heavy atom. The number of hydrogen-bond donors (Lipinski definition) is 2. The third kappa shape index (κ3) is 4.48. The van der Waals surface area contributed by atoms with E-state index in [0.29, 0.717) is 12.2 Å². The minimum Gasteiger partial charge on any atom is -0.380 e. The number of aromatic nitrogens is 1. The lowest BCUT2D eigenvalue weighted by Gasteiger charge is -2.12. The molecule has 0 unspecified atom stereocenters. The second-order valence-corrected chi connectivity index (χ2v) is 5.19. The van der Waals surface area contributed by atoms with Crippen molar-refractivity contribution in [2.75, 3.05) is 17.2 Å². The van der Waals surface area contributed by atoms with Gasteiger partial charge in [-0.3, -0.25) is 9.78 Å². The first kappa shape index (κ1) is 17.8. The maximum Gasteiger partial charge on any atom is 0.417 e. The highest BCUT2D eigenvalue weighted by Crippen LogP contribution is 2.36. The normalized spacial score (nSPS) is 11.0. The summed E-state index contributed by atoms with van der Waals surface area (Å²) in [6.07, 6.45) is -0.133. The number of hydrogen-bond acceptors (Lipinski definition) is 3. The fraction of sp³-hybridized carbons (Fsp3) is 0.125. The number of anilines is 2. The molecule has 0 aliphatic carbocycles. The summed E-state index contributed by atoms with van der Waals surface area (Å²) in [4.78, 5) is 16.1. The standard InChI is InChI=1S/C16H13ClF3N3O/c1-2-5-22-12-6-10(8-21-9-12)15(24)23-11-3-4-14(17)13(7-11)16(18,19)20/h2-4,6-9,22H,1,5H2,(H,23,24). The zero-order valence-corrected chi connectivity index (χ0v) is 13.1. The van der Waals surface area contributed by atoms with Crippen LogP contribution in [0.15, 0.2) is 49.3 Å². The zero-order valence-electron chi connectivity index (χ0n) is 12.3. The maximum absolute atomic E-state index is 12.8. The van der Waals surface area contributed by atoms with E-state index in [9.17, 15) is 18.0 Å². The number of nitrogens with one attached hydrogen (secondary N) is 2. The summed E-state index contributed by atoms with van der Waals surface area (Å²) in [6.45, 7) is 4.04. The number of halogens is 4. The maximum atomic E-state index is 12.8. The van der Waals surface area contributed by atoms with Crippen molar-refractivity contribution < 1.29 is 18.0 Å². The third-order valence-corrected chi connectivity index (χ3v) is 3.31. The van der Waals surface area contributed by atoms with Crippen molar-refractivity contribution in [3.63, 3.8) is 0 Å². The number of carbonyl (C=O) groups excluding carboxylic acids is 1. The van der Waals surface area contributed by atoms with Crippen molar-refractivity contribution in [1.82, 2.24) is 4.98 Å². The number of benzene rings is 1. The lowest BCUT2D eigenvalue weighted by molar-refractivity contribution is -0.137. The quantitative estimate of drug-likeness (QED) is 0.770. The molecule has 0 aliphatic heterocycles. The molecule has 8 heteroatoms. The molecule has 1 aromatic heterocycles. The molecule has 2 rings (SSSR count). The number of nitrogens with zero attached hydrogens (tertiary/aromatic N) is 1. The van der Waals surface area contributed by atoms with E-state index >= 15 is 0 Å². The second-order valence-electron chi connectivity index (χ2n) is 4.78. The van der Waals surface area contributed by atoms with E-state index in [1.807, 2.05) is 0 Å². The molecule has 2 aromatic rings. The number of carbonyl (C=O) groups is 1. The average Bonchev–Trinajstić information content (AvgIpc) is 2.54. The molecule has 1 aromatic carbocycles. The van der Waals surface area contributed by atoms with Crippen molar-refractivity contribution in [1.29, 1.82) is 0 Å². The van der Waals surface area contributed by atoms with Gasteiger partial charge in [0, 0.05) is 24.6 Å². The molecular weight excluding hydrogens is 343 g/mol. The zero-order chi connectivity index (χ0) is 17.7. The molecule has 1 amide bonds. The highest BCUT2D eigenvalue weighted by atomic mass is 35.5. The van der Waals surface area contributed by atoms with Gasteiger partial charge in [-0.15, -0.1) is 6.58 Å². The van der Waals surface area contributed by atoms with Crippen LogP contribution in [0, 0.1) is 0 Å². The van der Waals surface area contributed by atoms with Gasteiger partial charge in [0.1, 0.15) is 0 Å². The van der Waals surface area contributed by atoms with E-state index < -0.39 is 22.7 Å². The SMILES string of the molecule is C=CCNc1cncc(C(=O)Nc2ccc(Cl)c(C(F)(F)F)c2)c1. The number of rotatable bonds is 5. The Labute approximate surface area is 141 Å². The Hall–Kier alpha value is -2.54. The number of alkyl halides is 3. The number of amides is 1. The van der Waals surface area contributed by atoms with Crippen LogP contribution in [-0.2, 0) is 6.18 Å². The molecule has 0 saturated carbocycles. The van der Waals surface area contributed by atoms with Gasteiger partial charge in [-0.2, -0.15) is 13.2 Å². The monoisotopic (exact) mass is 355 g/mol. The molecule has 0 spiro atoms. The summed E-state index contributed by atoms with van der Waals surface area (Å²) in [5.41, 5.74) is -0.232. The molecule has 1 heterocycles. The van der Waals surface area contributed by atoms with Crippen LogP contribution in [0.1, 0.15) is 15.9 Å². The summed E-state index contributed by atoms with van der Waals surface area (Å²) in [6, 6.07) is 4.70. The van der Waals surface area contributed by atoms with Crippen LogP contribution in [0.2, 0.25) is 5.02 Å². The molecule has 4 nitrogen and oxygen atoms in total. The fourth-order valence-corrected chi connectivity index (χ4v) is 2.10. The third-order valence-electron chi connectivity index (χ3n) is 2.98. The Kier molecular flexibility index (Phi) is 5.46. The van der Waals surface area contributed by atoms with Gasteiger partial charge in [0.25, 0.3) is 5.91 Å². The van der Waals surface area contributed by atoms with E-state index in [-0.39, 0.29) is 11.3 Å². The van der Waals surface area contributed by atoms with Crippen LogP contribution in [-0.4, -0.2) is 17.4 Å². The second kappa shape index (κ2) is 7.35. The van der Waals surface area contributed by atoms with Gasteiger partial charge in [-0.05, 0) is 24.3 Å². The van der Waals surface area contributed by atoms with Gasteiger partial charge in [0.05, 0.1) is 21.8 Å². The van der Waals surface area contributed by atoms with Gasteiger partial charge in [-0.1, -0.05) is 17.7 Å². The molecule has 126 valence electrons. The van der Waals surface area contributed by atoms with Crippen LogP contribution in [0.5, 0.6) is 0 Å². The van der Waals surface area contributed by atoms with Crippen LogP contribution in [0.4, 0.5) is 24.5 Å². The molecule has 0 bridgehead atoms. The van der Waals surface area contributed by atoms with Gasteiger partial charge < -0.3 is 10.6 Å². The minimum absolute atomic E-state index is 0.0128. The lowest BCUT2D eigenvalue weighted by atomic mass is 10.1. The first-order valence-electron chi connectivity index (χ1n) is 6.79. The molecule has 0 atom stereocenters. The van der Waals surface area contributed by atoms with E-state index in [1.165, 1.54) is 24.5 Å². The summed E-state index contributed by atoms with van der Waals surface area (Å²) in [5, 5.41) is 4.93. The summed E-state index contributed by atoms with van der Waals surface area (Å²) < 4.78 is 38.5. The highest BCUT2D eigenvalue weighted by molar-refractivity contribution is 6.31. The smallest absolute Gasteiger partial charge is 0.380 e. The number of pyridine rings is 1. The summed E-state index contributed by atoms with van der Waals surface area (Å²) >= 11 is 5.54. The largest absolute Gasteiger partial charge is 0.417 e. The summed E-state index contributed by atoms with van der Waals surface area (Å²) in [5.74, 6) is -0.583. The van der Waals surface area contributed by atoms with Crippen molar-refractivity contribution in [2.24, 2.45) is 0 Å². The summed E-state index contributed by atoms with van der Waals surface area (Å²) in [7, 11) is 0. The van der Waals surface area contributed by atoms with Gasteiger partial charge >= 0.3 is 6.18 Å².